The Morgan fingerprint density at radius 3 is 2.50 bits per heavy atom. The maximum absolute atomic E-state index is 13.4. The first kappa shape index (κ1) is 14.8. The number of nitrogens with zero attached hydrogens (tertiary/aromatic N) is 3. The molecular formula is C17H20FN3O. The van der Waals surface area contributed by atoms with E-state index in [0.717, 1.165) is 38.5 Å². The summed E-state index contributed by atoms with van der Waals surface area (Å²) in [5.41, 5.74) is 0. The van der Waals surface area contributed by atoms with Crippen LogP contribution in [0.4, 0.5) is 10.2 Å². The van der Waals surface area contributed by atoms with Crippen molar-refractivity contribution in [1.29, 1.82) is 0 Å². The van der Waals surface area contributed by atoms with Crippen molar-refractivity contribution in [2.75, 3.05) is 44.2 Å². The van der Waals surface area contributed by atoms with E-state index in [1.165, 1.54) is 6.07 Å². The van der Waals surface area contributed by atoms with E-state index in [9.17, 15) is 4.39 Å². The third kappa shape index (κ3) is 3.74. The lowest BCUT2D eigenvalue weighted by molar-refractivity contribution is 0.196. The monoisotopic (exact) mass is 301 g/mol. The molecule has 1 saturated heterocycles. The van der Waals surface area contributed by atoms with Gasteiger partial charge in [-0.25, -0.2) is 9.37 Å². The van der Waals surface area contributed by atoms with Crippen molar-refractivity contribution in [3.05, 3.63) is 54.5 Å². The van der Waals surface area contributed by atoms with Crippen LogP contribution in [0.3, 0.4) is 0 Å². The van der Waals surface area contributed by atoms with Gasteiger partial charge in [-0.05, 0) is 24.3 Å². The van der Waals surface area contributed by atoms with Crippen molar-refractivity contribution in [1.82, 2.24) is 9.88 Å². The first-order chi connectivity index (χ1) is 10.8. The van der Waals surface area contributed by atoms with E-state index in [2.05, 4.69) is 14.8 Å². The summed E-state index contributed by atoms with van der Waals surface area (Å²) in [6.07, 6.45) is 1.82. The number of rotatable bonds is 5. The summed E-state index contributed by atoms with van der Waals surface area (Å²) in [4.78, 5) is 9.00. The number of halogens is 1. The number of para-hydroxylation sites is 1. The van der Waals surface area contributed by atoms with Crippen LogP contribution < -0.4 is 9.64 Å². The van der Waals surface area contributed by atoms with Crippen LogP contribution in [0.5, 0.6) is 5.75 Å². The molecule has 4 nitrogen and oxygen atoms in total. The van der Waals surface area contributed by atoms with Crippen LogP contribution in [-0.4, -0.2) is 49.2 Å². The molecule has 3 rings (SSSR count). The average Bonchev–Trinajstić information content (AvgIpc) is 2.58. The molecular weight excluding hydrogens is 281 g/mol. The molecule has 0 bridgehead atoms. The van der Waals surface area contributed by atoms with E-state index in [4.69, 9.17) is 4.74 Å². The fourth-order valence-corrected chi connectivity index (χ4v) is 2.59. The Bertz CT molecular complexity index is 585. The molecule has 0 saturated carbocycles. The highest BCUT2D eigenvalue weighted by Gasteiger charge is 2.17. The van der Waals surface area contributed by atoms with Gasteiger partial charge >= 0.3 is 0 Å². The third-order valence-electron chi connectivity index (χ3n) is 3.85. The zero-order valence-electron chi connectivity index (χ0n) is 12.5. The van der Waals surface area contributed by atoms with E-state index in [1.54, 1.807) is 18.2 Å². The first-order valence-corrected chi connectivity index (χ1v) is 7.58. The Balaban J connectivity index is 1.42. The van der Waals surface area contributed by atoms with Gasteiger partial charge in [-0.3, -0.25) is 4.90 Å². The van der Waals surface area contributed by atoms with E-state index < -0.39 is 0 Å². The van der Waals surface area contributed by atoms with Gasteiger partial charge in [0.05, 0.1) is 0 Å². The summed E-state index contributed by atoms with van der Waals surface area (Å²) in [6, 6.07) is 12.5. The number of benzene rings is 1. The Morgan fingerprint density at radius 2 is 1.77 bits per heavy atom. The molecule has 0 atom stereocenters. The second-order valence-electron chi connectivity index (χ2n) is 5.30. The van der Waals surface area contributed by atoms with Crippen LogP contribution in [0.1, 0.15) is 0 Å². The minimum absolute atomic E-state index is 0.303. The van der Waals surface area contributed by atoms with Crippen molar-refractivity contribution in [3.8, 4) is 5.75 Å². The van der Waals surface area contributed by atoms with Gasteiger partial charge < -0.3 is 9.64 Å². The van der Waals surface area contributed by atoms with Crippen molar-refractivity contribution < 1.29 is 9.13 Å². The van der Waals surface area contributed by atoms with E-state index in [-0.39, 0.29) is 5.82 Å². The number of pyridine rings is 1. The number of hydrogen-bond acceptors (Lipinski definition) is 4. The lowest BCUT2D eigenvalue weighted by atomic mass is 10.3. The van der Waals surface area contributed by atoms with Gasteiger partial charge in [0.1, 0.15) is 12.4 Å². The van der Waals surface area contributed by atoms with Crippen LogP contribution in [-0.2, 0) is 0 Å². The Labute approximate surface area is 130 Å². The SMILES string of the molecule is Fc1ccccc1OCCN1CCN(c2ccccn2)CC1. The Hall–Kier alpha value is -2.14. The zero-order valence-corrected chi connectivity index (χ0v) is 12.5. The summed E-state index contributed by atoms with van der Waals surface area (Å²) in [6.45, 7) is 5.16. The molecule has 1 aromatic carbocycles. The molecule has 0 N–H and O–H groups in total. The predicted molar refractivity (Wildman–Crippen MR) is 84.8 cm³/mol. The van der Waals surface area contributed by atoms with Gasteiger partial charge in [-0.2, -0.15) is 0 Å². The summed E-state index contributed by atoms with van der Waals surface area (Å²) in [5.74, 6) is 1.06. The first-order valence-electron chi connectivity index (χ1n) is 7.58. The van der Waals surface area contributed by atoms with Crippen molar-refractivity contribution in [2.24, 2.45) is 0 Å². The van der Waals surface area contributed by atoms with Gasteiger partial charge in [0.25, 0.3) is 0 Å². The molecule has 116 valence electrons. The molecule has 2 aromatic rings. The van der Waals surface area contributed by atoms with Gasteiger partial charge in [0.15, 0.2) is 11.6 Å². The average molecular weight is 301 g/mol. The number of piperazine rings is 1. The topological polar surface area (TPSA) is 28.6 Å². The molecule has 2 heterocycles. The zero-order chi connectivity index (χ0) is 15.2. The van der Waals surface area contributed by atoms with Crippen molar-refractivity contribution in [2.45, 2.75) is 0 Å². The predicted octanol–water partition coefficient (Wildman–Crippen LogP) is 2.42. The molecule has 22 heavy (non-hydrogen) atoms. The maximum Gasteiger partial charge on any atom is 0.165 e. The Morgan fingerprint density at radius 1 is 1.00 bits per heavy atom. The smallest absolute Gasteiger partial charge is 0.165 e. The molecule has 0 aliphatic carbocycles. The second-order valence-corrected chi connectivity index (χ2v) is 5.30. The number of anilines is 1. The highest BCUT2D eigenvalue weighted by molar-refractivity contribution is 5.38. The van der Waals surface area contributed by atoms with Gasteiger partial charge in [-0.15, -0.1) is 0 Å². The normalized spacial score (nSPS) is 15.8. The quantitative estimate of drug-likeness (QED) is 0.848. The molecule has 0 unspecified atom stereocenters. The molecule has 0 spiro atoms. The second kappa shape index (κ2) is 7.22. The van der Waals surface area contributed by atoms with E-state index in [1.807, 2.05) is 24.4 Å². The third-order valence-corrected chi connectivity index (χ3v) is 3.85. The highest BCUT2D eigenvalue weighted by Crippen LogP contribution is 2.16. The maximum atomic E-state index is 13.4. The van der Waals surface area contributed by atoms with E-state index >= 15 is 0 Å². The van der Waals surface area contributed by atoms with Crippen molar-refractivity contribution in [3.63, 3.8) is 0 Å². The fraction of sp³-hybridized carbons (Fsp3) is 0.353. The highest BCUT2D eigenvalue weighted by atomic mass is 19.1. The summed E-state index contributed by atoms with van der Waals surface area (Å²) < 4.78 is 19.0. The number of ether oxygens (including phenoxy) is 1. The van der Waals surface area contributed by atoms with Gasteiger partial charge in [0, 0.05) is 38.9 Å². The molecule has 1 aromatic heterocycles. The number of aromatic nitrogens is 1. The summed E-state index contributed by atoms with van der Waals surface area (Å²) in [5, 5.41) is 0. The van der Waals surface area contributed by atoms with E-state index in [0.29, 0.717) is 12.4 Å². The summed E-state index contributed by atoms with van der Waals surface area (Å²) >= 11 is 0. The molecule has 1 aliphatic heterocycles. The molecule has 0 amide bonds. The molecule has 0 radical (unpaired) electrons. The van der Waals surface area contributed by atoms with Crippen LogP contribution in [0.25, 0.3) is 0 Å². The van der Waals surface area contributed by atoms with Crippen molar-refractivity contribution >= 4 is 5.82 Å². The molecule has 1 aliphatic rings. The van der Waals surface area contributed by atoms with Crippen LogP contribution >= 0.6 is 0 Å². The molecule has 5 heteroatoms. The largest absolute Gasteiger partial charge is 0.489 e. The summed E-state index contributed by atoms with van der Waals surface area (Å²) in [7, 11) is 0. The van der Waals surface area contributed by atoms with Gasteiger partial charge in [-0.1, -0.05) is 18.2 Å². The van der Waals surface area contributed by atoms with Crippen LogP contribution in [0.2, 0.25) is 0 Å². The number of hydrogen-bond donors (Lipinski definition) is 0. The van der Waals surface area contributed by atoms with Crippen LogP contribution in [0, 0.1) is 5.82 Å². The lowest BCUT2D eigenvalue weighted by Crippen LogP contribution is -2.47. The lowest BCUT2D eigenvalue weighted by Gasteiger charge is -2.35. The standard InChI is InChI=1S/C17H20FN3O/c18-15-5-1-2-6-16(15)22-14-13-20-9-11-21(12-10-20)17-7-3-4-8-19-17/h1-8H,9-14H2. The van der Waals surface area contributed by atoms with Crippen LogP contribution in [0.15, 0.2) is 48.7 Å². The minimum Gasteiger partial charge on any atom is -0.489 e. The molecule has 1 fully saturated rings. The van der Waals surface area contributed by atoms with Gasteiger partial charge in [0.2, 0.25) is 0 Å². The Kier molecular flexibility index (Phi) is 4.85. The minimum atomic E-state index is -0.303. The fourth-order valence-electron chi connectivity index (χ4n) is 2.59.